The van der Waals surface area contributed by atoms with Crippen LogP contribution in [0.2, 0.25) is 0 Å². The van der Waals surface area contributed by atoms with E-state index in [2.05, 4.69) is 16.1 Å². The Labute approximate surface area is 233 Å². The zero-order valence-corrected chi connectivity index (χ0v) is 22.4. The lowest BCUT2D eigenvalue weighted by atomic mass is 9.90. The predicted octanol–water partition coefficient (Wildman–Crippen LogP) is 4.33. The van der Waals surface area contributed by atoms with Gasteiger partial charge >= 0.3 is 0 Å². The van der Waals surface area contributed by atoms with Gasteiger partial charge in [0.2, 0.25) is 17.3 Å². The SMILES string of the molecule is O=C1c2ccccc2C(=O)c2c1n[n+]([O-])n2CCc1ccc(-c2ccc(CCCN3CCCCC3)cc2O)cc1. The highest BCUT2D eigenvalue weighted by Crippen LogP contribution is 2.31. The van der Waals surface area contributed by atoms with Gasteiger partial charge in [0.05, 0.1) is 6.54 Å². The molecule has 8 nitrogen and oxygen atoms in total. The second kappa shape index (κ2) is 11.1. The van der Waals surface area contributed by atoms with Crippen molar-refractivity contribution in [3.8, 4) is 16.9 Å². The molecule has 204 valence electrons. The minimum atomic E-state index is -0.411. The van der Waals surface area contributed by atoms with E-state index in [0.717, 1.165) is 41.6 Å². The van der Waals surface area contributed by atoms with Gasteiger partial charge in [0.1, 0.15) is 5.75 Å². The van der Waals surface area contributed by atoms with Crippen molar-refractivity contribution < 1.29 is 19.7 Å². The van der Waals surface area contributed by atoms with E-state index in [1.54, 1.807) is 24.3 Å². The number of piperidine rings is 1. The lowest BCUT2D eigenvalue weighted by Gasteiger charge is -2.26. The average Bonchev–Trinajstić information content (AvgIpc) is 3.32. The van der Waals surface area contributed by atoms with Crippen molar-refractivity contribution in [1.82, 2.24) is 14.7 Å². The van der Waals surface area contributed by atoms with Gasteiger partial charge in [-0.15, -0.1) is 4.68 Å². The molecular weight excluding hydrogens is 504 g/mol. The molecule has 1 N–H and O–H groups in total. The Kier molecular flexibility index (Phi) is 7.17. The quantitative estimate of drug-likeness (QED) is 0.234. The molecule has 2 aliphatic rings. The lowest BCUT2D eigenvalue weighted by Crippen LogP contribution is -2.41. The Bertz CT molecular complexity index is 1570. The summed E-state index contributed by atoms with van der Waals surface area (Å²) in [5, 5.41) is 27.1. The van der Waals surface area contributed by atoms with Crippen molar-refractivity contribution in [2.24, 2.45) is 0 Å². The van der Waals surface area contributed by atoms with Crippen LogP contribution in [0, 0.1) is 5.21 Å². The van der Waals surface area contributed by atoms with Gasteiger partial charge in [-0.3, -0.25) is 9.59 Å². The molecule has 6 rings (SSSR count). The standard InChI is InChI=1S/C32H32N4O4/c37-28-21-23(7-6-19-34-17-4-1-5-18-34)12-15-25(28)24-13-10-22(11-14-24)16-20-35-30-29(33-36(35)40)31(38)26-8-2-3-9-27(26)32(30)39/h2-3,8-15,21,37H,1,4-7,16-20H2. The molecule has 0 spiro atoms. The topological polar surface area (TPSA) is 102 Å². The molecule has 1 fully saturated rings. The van der Waals surface area contributed by atoms with Crippen molar-refractivity contribution in [3.63, 3.8) is 0 Å². The number of phenols is 1. The summed E-state index contributed by atoms with van der Waals surface area (Å²) in [6.45, 7) is 3.71. The third kappa shape index (κ3) is 5.02. The molecule has 0 unspecified atom stereocenters. The summed E-state index contributed by atoms with van der Waals surface area (Å²) in [7, 11) is 0. The third-order valence-electron chi connectivity index (χ3n) is 8.05. The summed E-state index contributed by atoms with van der Waals surface area (Å²) in [6.07, 6.45) is 6.44. The molecule has 1 saturated heterocycles. The number of hydrogen-bond acceptors (Lipinski definition) is 6. The first-order valence-corrected chi connectivity index (χ1v) is 14.0. The summed E-state index contributed by atoms with van der Waals surface area (Å²) >= 11 is 0. The van der Waals surface area contributed by atoms with Crippen LogP contribution in [0.5, 0.6) is 5.75 Å². The number of carbonyl (C=O) groups excluding carboxylic acids is 2. The van der Waals surface area contributed by atoms with Gasteiger partial charge in [-0.2, -0.15) is 0 Å². The van der Waals surface area contributed by atoms with E-state index in [0.29, 0.717) is 16.9 Å². The number of nitrogens with zero attached hydrogens (tertiary/aromatic N) is 4. The largest absolute Gasteiger partial charge is 0.571 e. The van der Waals surface area contributed by atoms with Crippen LogP contribution in [0.4, 0.5) is 0 Å². The van der Waals surface area contributed by atoms with E-state index >= 15 is 0 Å². The molecule has 3 aromatic carbocycles. The van der Waals surface area contributed by atoms with Crippen LogP contribution >= 0.6 is 0 Å². The fraction of sp³-hybridized carbons (Fsp3) is 0.312. The van der Waals surface area contributed by atoms with E-state index < -0.39 is 5.78 Å². The Morgan fingerprint density at radius 3 is 2.23 bits per heavy atom. The lowest BCUT2D eigenvalue weighted by molar-refractivity contribution is -0.749. The van der Waals surface area contributed by atoms with Gasteiger partial charge < -0.3 is 15.2 Å². The number of phenolic OH excluding ortho intramolecular Hbond substituents is 1. The first-order chi connectivity index (χ1) is 19.5. The first-order valence-electron chi connectivity index (χ1n) is 14.0. The molecule has 0 radical (unpaired) electrons. The van der Waals surface area contributed by atoms with E-state index in [1.807, 2.05) is 36.4 Å². The van der Waals surface area contributed by atoms with Crippen LogP contribution in [-0.4, -0.2) is 51.0 Å². The molecule has 1 aromatic heterocycles. The van der Waals surface area contributed by atoms with Gasteiger partial charge in [0.25, 0.3) is 0 Å². The van der Waals surface area contributed by atoms with E-state index in [9.17, 15) is 19.9 Å². The highest BCUT2D eigenvalue weighted by Gasteiger charge is 2.39. The van der Waals surface area contributed by atoms with Crippen molar-refractivity contribution in [2.45, 2.75) is 45.1 Å². The number of benzene rings is 3. The summed E-state index contributed by atoms with van der Waals surface area (Å²) in [5.74, 6) is -0.511. The minimum Gasteiger partial charge on any atom is -0.571 e. The molecule has 4 aromatic rings. The number of ketones is 2. The fourth-order valence-corrected chi connectivity index (χ4v) is 5.86. The zero-order chi connectivity index (χ0) is 27.6. The average molecular weight is 537 g/mol. The van der Waals surface area contributed by atoms with Crippen LogP contribution in [-0.2, 0) is 19.4 Å². The molecule has 8 heteroatoms. The van der Waals surface area contributed by atoms with E-state index in [4.69, 9.17) is 0 Å². The van der Waals surface area contributed by atoms with Crippen LogP contribution in [0.3, 0.4) is 0 Å². The highest BCUT2D eigenvalue weighted by atomic mass is 16.5. The molecule has 0 atom stereocenters. The molecule has 1 aliphatic carbocycles. The number of fused-ring (bicyclic) bond motifs is 2. The number of aromatic nitrogens is 3. The Hall–Kier alpha value is -4.30. The number of rotatable bonds is 8. The van der Waals surface area contributed by atoms with Gasteiger partial charge in [-0.1, -0.05) is 67.1 Å². The van der Waals surface area contributed by atoms with Gasteiger partial charge in [-0.25, -0.2) is 0 Å². The molecule has 0 saturated carbocycles. The monoisotopic (exact) mass is 536 g/mol. The predicted molar refractivity (Wildman–Crippen MR) is 150 cm³/mol. The molecule has 0 amide bonds. The molecule has 0 bridgehead atoms. The maximum atomic E-state index is 13.1. The van der Waals surface area contributed by atoms with Gasteiger partial charge in [0, 0.05) is 26.7 Å². The van der Waals surface area contributed by atoms with Crippen molar-refractivity contribution in [1.29, 1.82) is 0 Å². The Morgan fingerprint density at radius 1 is 0.800 bits per heavy atom. The van der Waals surface area contributed by atoms with Crippen molar-refractivity contribution >= 4 is 11.6 Å². The van der Waals surface area contributed by atoms with E-state index in [-0.39, 0.29) is 35.0 Å². The van der Waals surface area contributed by atoms with Crippen LogP contribution in [0.1, 0.15) is 68.9 Å². The molecule has 2 heterocycles. The number of hydrogen-bond donors (Lipinski definition) is 1. The third-order valence-corrected chi connectivity index (χ3v) is 8.05. The van der Waals surface area contributed by atoms with Gasteiger partial charge in [-0.05, 0) is 74.5 Å². The second-order valence-electron chi connectivity index (χ2n) is 10.7. The van der Waals surface area contributed by atoms with Gasteiger partial charge in [0.15, 0.2) is 5.69 Å². The Morgan fingerprint density at radius 2 is 1.50 bits per heavy atom. The van der Waals surface area contributed by atoms with Crippen LogP contribution < -0.4 is 4.96 Å². The number of aryl methyl sites for hydroxylation is 2. The number of aromatic hydroxyl groups is 1. The number of carbonyl (C=O) groups is 2. The number of likely N-dealkylation sites (tertiary alicyclic amines) is 1. The molecular formula is C32H32N4O4. The zero-order valence-electron chi connectivity index (χ0n) is 22.4. The normalized spacial score (nSPS) is 15.2. The fourth-order valence-electron chi connectivity index (χ4n) is 5.86. The van der Waals surface area contributed by atoms with Crippen molar-refractivity contribution in [2.75, 3.05) is 19.6 Å². The first kappa shape index (κ1) is 26.0. The maximum Gasteiger partial charge on any atom is 0.220 e. The van der Waals surface area contributed by atoms with E-state index in [1.165, 1.54) is 37.0 Å². The summed E-state index contributed by atoms with van der Waals surface area (Å²) < 4.78 is 1.23. The maximum absolute atomic E-state index is 13.1. The van der Waals surface area contributed by atoms with Crippen LogP contribution in [0.25, 0.3) is 11.1 Å². The van der Waals surface area contributed by atoms with Crippen LogP contribution in [0.15, 0.2) is 66.7 Å². The summed E-state index contributed by atoms with van der Waals surface area (Å²) in [6, 6.07) is 20.3. The molecule has 40 heavy (non-hydrogen) atoms. The van der Waals surface area contributed by atoms with Crippen molar-refractivity contribution in [3.05, 3.63) is 106 Å². The smallest absolute Gasteiger partial charge is 0.220 e. The Balaban J connectivity index is 1.11. The summed E-state index contributed by atoms with van der Waals surface area (Å²) in [4.78, 5) is 28.8. The highest BCUT2D eigenvalue weighted by molar-refractivity contribution is 6.26. The minimum absolute atomic E-state index is 0.0382. The molecule has 1 aliphatic heterocycles. The second-order valence-corrected chi connectivity index (χ2v) is 10.7. The summed E-state index contributed by atoms with van der Waals surface area (Å²) in [5.41, 5.74) is 4.27.